The third-order valence-corrected chi connectivity index (χ3v) is 7.04. The van der Waals surface area contributed by atoms with Crippen LogP contribution in [0.3, 0.4) is 0 Å². The number of ketones is 1. The van der Waals surface area contributed by atoms with Crippen LogP contribution in [0.5, 0.6) is 5.75 Å². The molecular formula is C27H35N5O6. The Balaban J connectivity index is 1.46. The molecule has 0 spiro atoms. The lowest BCUT2D eigenvalue weighted by Gasteiger charge is -2.25. The minimum absolute atomic E-state index is 0.0766. The fourth-order valence-corrected chi connectivity index (χ4v) is 4.76. The van der Waals surface area contributed by atoms with Gasteiger partial charge in [-0.05, 0) is 37.0 Å². The molecule has 11 nitrogen and oxygen atoms in total. The fourth-order valence-electron chi connectivity index (χ4n) is 4.76. The standard InChI is InChI=1S/C27H35N5O6/c1-16(30-27(36)24-28-11-12-29-24)25(34)32-21(14-18-7-9-19(37-2)10-8-18)26(35)31-20(23(33)22-15-38-22)13-17-5-3-4-6-17/h7-12,16-17,20-22H,3-6,13-15H2,1-2H3,(H,28,29)(H,30,36)(H,31,35)(H,32,34)/t16-,20+,21+,22-/m1/s1. The van der Waals surface area contributed by atoms with Gasteiger partial charge in [-0.1, -0.05) is 37.8 Å². The second-order valence-corrected chi connectivity index (χ2v) is 9.92. The van der Waals surface area contributed by atoms with Crippen LogP contribution in [0.2, 0.25) is 0 Å². The Morgan fingerprint density at radius 3 is 2.34 bits per heavy atom. The molecule has 1 aromatic heterocycles. The number of ether oxygens (including phenoxy) is 2. The first-order valence-electron chi connectivity index (χ1n) is 13.0. The minimum Gasteiger partial charge on any atom is -0.497 e. The molecule has 2 heterocycles. The molecule has 2 aliphatic rings. The van der Waals surface area contributed by atoms with Gasteiger partial charge >= 0.3 is 0 Å². The number of nitrogens with zero attached hydrogens (tertiary/aromatic N) is 1. The summed E-state index contributed by atoms with van der Waals surface area (Å²) in [6, 6.07) is 4.58. The molecule has 1 aromatic carbocycles. The van der Waals surface area contributed by atoms with Crippen LogP contribution in [0.1, 0.15) is 55.2 Å². The third kappa shape index (κ3) is 7.41. The van der Waals surface area contributed by atoms with Crippen LogP contribution >= 0.6 is 0 Å². The molecule has 2 aromatic rings. The topological polar surface area (TPSA) is 155 Å². The normalized spacial score (nSPS) is 19.2. The minimum atomic E-state index is -0.974. The van der Waals surface area contributed by atoms with E-state index in [1.165, 1.54) is 19.3 Å². The lowest BCUT2D eigenvalue weighted by atomic mass is 9.94. The smallest absolute Gasteiger partial charge is 0.287 e. The lowest BCUT2D eigenvalue weighted by molar-refractivity contribution is -0.132. The molecule has 38 heavy (non-hydrogen) atoms. The maximum absolute atomic E-state index is 13.5. The Bertz CT molecular complexity index is 1110. The third-order valence-electron chi connectivity index (χ3n) is 7.04. The number of nitrogens with one attached hydrogen (secondary N) is 4. The average molecular weight is 526 g/mol. The highest BCUT2D eigenvalue weighted by atomic mass is 16.6. The number of epoxide rings is 1. The average Bonchev–Trinajstić information content (AvgIpc) is 3.36. The van der Waals surface area contributed by atoms with Gasteiger partial charge in [-0.15, -0.1) is 0 Å². The van der Waals surface area contributed by atoms with E-state index in [2.05, 4.69) is 25.9 Å². The summed E-state index contributed by atoms with van der Waals surface area (Å²) in [5, 5.41) is 8.23. The Kier molecular flexibility index (Phi) is 9.11. The first-order chi connectivity index (χ1) is 18.3. The predicted molar refractivity (Wildman–Crippen MR) is 137 cm³/mol. The fraction of sp³-hybridized carbons (Fsp3) is 0.519. The van der Waals surface area contributed by atoms with Gasteiger partial charge in [-0.2, -0.15) is 0 Å². The summed E-state index contributed by atoms with van der Waals surface area (Å²) in [6.07, 6.45) is 7.51. The molecule has 1 aliphatic heterocycles. The summed E-state index contributed by atoms with van der Waals surface area (Å²) in [6.45, 7) is 1.89. The van der Waals surface area contributed by atoms with E-state index in [0.717, 1.165) is 31.2 Å². The maximum Gasteiger partial charge on any atom is 0.287 e. The van der Waals surface area contributed by atoms with E-state index in [-0.39, 0.29) is 18.0 Å². The number of aromatic amines is 1. The van der Waals surface area contributed by atoms with Gasteiger partial charge in [-0.3, -0.25) is 19.2 Å². The molecule has 204 valence electrons. The quantitative estimate of drug-likeness (QED) is 0.287. The molecule has 0 unspecified atom stereocenters. The number of rotatable bonds is 13. The molecule has 0 radical (unpaired) electrons. The van der Waals surface area contributed by atoms with Gasteiger partial charge in [0.2, 0.25) is 11.8 Å². The Hall–Kier alpha value is -3.73. The molecule has 1 aliphatic carbocycles. The molecule has 4 atom stereocenters. The summed E-state index contributed by atoms with van der Waals surface area (Å²) in [5.41, 5.74) is 0.794. The molecule has 1 saturated heterocycles. The zero-order chi connectivity index (χ0) is 27.1. The van der Waals surface area contributed by atoms with E-state index in [1.54, 1.807) is 19.2 Å². The number of methoxy groups -OCH3 is 1. The number of amides is 3. The van der Waals surface area contributed by atoms with Crippen molar-refractivity contribution in [3.8, 4) is 5.75 Å². The largest absolute Gasteiger partial charge is 0.497 e. The van der Waals surface area contributed by atoms with Crippen LogP contribution in [-0.2, 0) is 25.5 Å². The van der Waals surface area contributed by atoms with Crippen molar-refractivity contribution in [1.29, 1.82) is 0 Å². The first-order valence-corrected chi connectivity index (χ1v) is 13.0. The van der Waals surface area contributed by atoms with Crippen molar-refractivity contribution in [2.75, 3.05) is 13.7 Å². The summed E-state index contributed by atoms with van der Waals surface area (Å²) in [7, 11) is 1.56. The van der Waals surface area contributed by atoms with E-state index in [0.29, 0.717) is 24.7 Å². The monoisotopic (exact) mass is 525 g/mol. The number of imidazole rings is 1. The molecule has 4 rings (SSSR count). The van der Waals surface area contributed by atoms with Crippen LogP contribution in [0, 0.1) is 5.92 Å². The van der Waals surface area contributed by atoms with Gasteiger partial charge in [-0.25, -0.2) is 4.98 Å². The van der Waals surface area contributed by atoms with E-state index in [9.17, 15) is 19.2 Å². The number of Topliss-reactive ketones (excluding diaryl/α,β-unsaturated/α-hetero) is 1. The van der Waals surface area contributed by atoms with Crippen molar-refractivity contribution in [3.63, 3.8) is 0 Å². The second-order valence-electron chi connectivity index (χ2n) is 9.92. The highest BCUT2D eigenvalue weighted by Gasteiger charge is 2.39. The number of carbonyl (C=O) groups excluding carboxylic acids is 4. The number of H-pyrrole nitrogens is 1. The molecule has 1 saturated carbocycles. The van der Waals surface area contributed by atoms with Gasteiger partial charge in [0.1, 0.15) is 23.9 Å². The maximum atomic E-state index is 13.5. The zero-order valence-corrected chi connectivity index (χ0v) is 21.7. The molecule has 2 fully saturated rings. The van der Waals surface area contributed by atoms with Crippen LogP contribution < -0.4 is 20.7 Å². The van der Waals surface area contributed by atoms with Crippen molar-refractivity contribution >= 4 is 23.5 Å². The number of carbonyl (C=O) groups is 4. The van der Waals surface area contributed by atoms with Crippen molar-refractivity contribution in [1.82, 2.24) is 25.9 Å². The van der Waals surface area contributed by atoms with E-state index in [1.807, 2.05) is 12.1 Å². The van der Waals surface area contributed by atoms with Crippen molar-refractivity contribution in [2.45, 2.75) is 69.7 Å². The molecule has 4 N–H and O–H groups in total. The molecule has 3 amide bonds. The van der Waals surface area contributed by atoms with Gasteiger partial charge in [0.25, 0.3) is 5.91 Å². The number of aromatic nitrogens is 2. The second kappa shape index (κ2) is 12.7. The van der Waals surface area contributed by atoms with Gasteiger partial charge < -0.3 is 30.4 Å². The Morgan fingerprint density at radius 1 is 1.05 bits per heavy atom. The zero-order valence-electron chi connectivity index (χ0n) is 21.7. The van der Waals surface area contributed by atoms with Gasteiger partial charge in [0.15, 0.2) is 11.6 Å². The van der Waals surface area contributed by atoms with Gasteiger partial charge in [0, 0.05) is 18.8 Å². The number of hydrogen-bond acceptors (Lipinski definition) is 7. The first kappa shape index (κ1) is 27.3. The van der Waals surface area contributed by atoms with Crippen molar-refractivity contribution in [3.05, 3.63) is 48.0 Å². The van der Waals surface area contributed by atoms with Crippen LogP contribution in [0.4, 0.5) is 0 Å². The van der Waals surface area contributed by atoms with Crippen LogP contribution in [0.25, 0.3) is 0 Å². The number of hydrogen-bond donors (Lipinski definition) is 4. The van der Waals surface area contributed by atoms with Crippen LogP contribution in [-0.4, -0.2) is 71.4 Å². The molecular weight excluding hydrogens is 490 g/mol. The Morgan fingerprint density at radius 2 is 1.74 bits per heavy atom. The summed E-state index contributed by atoms with van der Waals surface area (Å²) >= 11 is 0. The summed E-state index contributed by atoms with van der Waals surface area (Å²) in [4.78, 5) is 58.4. The lowest BCUT2D eigenvalue weighted by Crippen LogP contribution is -2.56. The van der Waals surface area contributed by atoms with Crippen LogP contribution in [0.15, 0.2) is 36.7 Å². The Labute approximate surface area is 221 Å². The highest BCUT2D eigenvalue weighted by Crippen LogP contribution is 2.30. The van der Waals surface area contributed by atoms with E-state index in [4.69, 9.17) is 9.47 Å². The van der Waals surface area contributed by atoms with E-state index < -0.39 is 42.0 Å². The molecule has 11 heteroatoms. The number of benzene rings is 1. The van der Waals surface area contributed by atoms with Crippen molar-refractivity contribution in [2.24, 2.45) is 5.92 Å². The SMILES string of the molecule is COc1ccc(C[C@H](NC(=O)[C@@H](C)NC(=O)c2ncc[nH]2)C(=O)N[C@@H](CC2CCCC2)C(=O)[C@H]2CO2)cc1. The molecule has 0 bridgehead atoms. The van der Waals surface area contributed by atoms with E-state index >= 15 is 0 Å². The van der Waals surface area contributed by atoms with Gasteiger partial charge in [0.05, 0.1) is 19.8 Å². The summed E-state index contributed by atoms with van der Waals surface area (Å²) in [5.74, 6) is -0.556. The summed E-state index contributed by atoms with van der Waals surface area (Å²) < 4.78 is 10.4. The predicted octanol–water partition coefficient (Wildman–Crippen LogP) is 1.30. The van der Waals surface area contributed by atoms with Crippen molar-refractivity contribution < 1.29 is 28.7 Å². The highest BCUT2D eigenvalue weighted by molar-refractivity contribution is 5.97.